The molecule has 0 aromatic carbocycles. The molecule has 3 heterocycles. The van der Waals surface area contributed by atoms with E-state index in [4.69, 9.17) is 0 Å². The van der Waals surface area contributed by atoms with Gasteiger partial charge in [-0.25, -0.2) is 9.97 Å². The molecule has 27 heavy (non-hydrogen) atoms. The van der Waals surface area contributed by atoms with Gasteiger partial charge in [-0.15, -0.1) is 11.3 Å². The Labute approximate surface area is 161 Å². The highest BCUT2D eigenvalue weighted by molar-refractivity contribution is 7.11. The predicted octanol–water partition coefficient (Wildman–Crippen LogP) is 4.61. The molecule has 0 unspecified atom stereocenters. The fourth-order valence-electron chi connectivity index (χ4n) is 3.03. The number of anilines is 1. The van der Waals surface area contributed by atoms with Gasteiger partial charge in [-0.3, -0.25) is 0 Å². The highest BCUT2D eigenvalue weighted by Gasteiger charge is 2.31. The minimum absolute atomic E-state index is 0.0723. The summed E-state index contributed by atoms with van der Waals surface area (Å²) in [6.07, 6.45) is 0.392. The van der Waals surface area contributed by atoms with Gasteiger partial charge in [-0.05, 0) is 25.0 Å². The number of alkyl halides is 3. The number of piperidine rings is 1. The molecule has 8 heteroatoms. The number of hydrogen-bond donors (Lipinski definition) is 1. The molecule has 1 fully saturated rings. The van der Waals surface area contributed by atoms with E-state index in [0.29, 0.717) is 11.9 Å². The monoisotopic (exact) mass is 398 g/mol. The normalized spacial score (nSPS) is 16.7. The van der Waals surface area contributed by atoms with Gasteiger partial charge in [0, 0.05) is 48.4 Å². The summed E-state index contributed by atoms with van der Waals surface area (Å²) in [6.45, 7) is 8.85. The third-order valence-electron chi connectivity index (χ3n) is 4.65. The number of thiazole rings is 1. The first-order valence-corrected chi connectivity index (χ1v) is 9.91. The van der Waals surface area contributed by atoms with Crippen molar-refractivity contribution < 1.29 is 13.2 Å². The standard InChI is InChI=1S/C19H25F3N4S/c1-18(2,3)17-25-12-15(27-17)11-23-14-6-8-26(9-7-14)16-5-4-13(10-24-16)19(20,21)22/h4-5,10,12,14,23H,6-9,11H2,1-3H3. The van der Waals surface area contributed by atoms with Crippen molar-refractivity contribution in [3.8, 4) is 0 Å². The first-order chi connectivity index (χ1) is 12.6. The Kier molecular flexibility index (Phi) is 5.76. The third kappa shape index (κ3) is 5.19. The van der Waals surface area contributed by atoms with Gasteiger partial charge >= 0.3 is 6.18 Å². The number of hydrogen-bond acceptors (Lipinski definition) is 5. The molecule has 4 nitrogen and oxygen atoms in total. The maximum absolute atomic E-state index is 12.6. The maximum Gasteiger partial charge on any atom is 0.417 e. The van der Waals surface area contributed by atoms with Crippen LogP contribution in [0.1, 0.15) is 49.1 Å². The van der Waals surface area contributed by atoms with Crippen LogP contribution in [0.3, 0.4) is 0 Å². The Hall–Kier alpha value is -1.67. The van der Waals surface area contributed by atoms with Crippen molar-refractivity contribution in [2.24, 2.45) is 0 Å². The lowest BCUT2D eigenvalue weighted by Gasteiger charge is -2.33. The minimum atomic E-state index is -4.34. The Morgan fingerprint density at radius 2 is 1.81 bits per heavy atom. The molecule has 0 radical (unpaired) electrons. The molecule has 0 bridgehead atoms. The second-order valence-electron chi connectivity index (χ2n) is 7.93. The number of pyridine rings is 1. The van der Waals surface area contributed by atoms with Crippen LogP contribution in [0.4, 0.5) is 19.0 Å². The minimum Gasteiger partial charge on any atom is -0.357 e. The molecular formula is C19H25F3N4S. The SMILES string of the molecule is CC(C)(C)c1ncc(CNC2CCN(c3ccc(C(F)(F)F)cn3)CC2)s1. The fraction of sp³-hybridized carbons (Fsp3) is 0.579. The first-order valence-electron chi connectivity index (χ1n) is 9.10. The second-order valence-corrected chi connectivity index (χ2v) is 9.04. The predicted molar refractivity (Wildman–Crippen MR) is 102 cm³/mol. The summed E-state index contributed by atoms with van der Waals surface area (Å²) in [5.41, 5.74) is -0.634. The Morgan fingerprint density at radius 1 is 1.11 bits per heavy atom. The van der Waals surface area contributed by atoms with E-state index in [1.54, 1.807) is 11.3 Å². The summed E-state index contributed by atoms with van der Waals surface area (Å²) >= 11 is 1.74. The number of nitrogens with one attached hydrogen (secondary N) is 1. The van der Waals surface area contributed by atoms with Crippen LogP contribution in [-0.4, -0.2) is 29.1 Å². The summed E-state index contributed by atoms with van der Waals surface area (Å²) in [7, 11) is 0. The molecular weight excluding hydrogens is 373 g/mol. The van der Waals surface area contributed by atoms with Crippen LogP contribution >= 0.6 is 11.3 Å². The van der Waals surface area contributed by atoms with E-state index in [1.165, 1.54) is 10.9 Å². The number of halogens is 3. The van der Waals surface area contributed by atoms with Gasteiger partial charge in [0.25, 0.3) is 0 Å². The van der Waals surface area contributed by atoms with Crippen molar-refractivity contribution in [2.75, 3.05) is 18.0 Å². The van der Waals surface area contributed by atoms with Crippen LogP contribution in [0.2, 0.25) is 0 Å². The average molecular weight is 398 g/mol. The van der Waals surface area contributed by atoms with Crippen LogP contribution in [0, 0.1) is 0 Å². The maximum atomic E-state index is 12.6. The molecule has 2 aromatic rings. The molecule has 1 N–H and O–H groups in total. The lowest BCUT2D eigenvalue weighted by atomic mass is 9.98. The van der Waals surface area contributed by atoms with Crippen molar-refractivity contribution in [2.45, 2.75) is 57.8 Å². The molecule has 1 aliphatic rings. The van der Waals surface area contributed by atoms with Crippen LogP contribution in [0.5, 0.6) is 0 Å². The van der Waals surface area contributed by atoms with E-state index in [-0.39, 0.29) is 5.41 Å². The van der Waals surface area contributed by atoms with Crippen LogP contribution in [0.15, 0.2) is 24.5 Å². The zero-order chi connectivity index (χ0) is 19.7. The van der Waals surface area contributed by atoms with Gasteiger partial charge in [-0.2, -0.15) is 13.2 Å². The summed E-state index contributed by atoms with van der Waals surface area (Å²) in [5.74, 6) is 0.610. The van der Waals surface area contributed by atoms with Crippen molar-refractivity contribution >= 4 is 17.2 Å². The molecule has 0 saturated carbocycles. The molecule has 1 saturated heterocycles. The van der Waals surface area contributed by atoms with E-state index >= 15 is 0 Å². The Balaban J connectivity index is 1.48. The van der Waals surface area contributed by atoms with Gasteiger partial charge in [0.15, 0.2) is 0 Å². The molecule has 0 amide bonds. The highest BCUT2D eigenvalue weighted by Crippen LogP contribution is 2.30. The lowest BCUT2D eigenvalue weighted by Crippen LogP contribution is -2.42. The molecule has 0 aliphatic carbocycles. The largest absolute Gasteiger partial charge is 0.417 e. The second kappa shape index (κ2) is 7.75. The molecule has 2 aromatic heterocycles. The summed E-state index contributed by atoms with van der Waals surface area (Å²) in [4.78, 5) is 11.8. The summed E-state index contributed by atoms with van der Waals surface area (Å²) in [5, 5.41) is 4.72. The number of aromatic nitrogens is 2. The van der Waals surface area contributed by atoms with Gasteiger partial charge < -0.3 is 10.2 Å². The van der Waals surface area contributed by atoms with Gasteiger partial charge in [0.2, 0.25) is 0 Å². The van der Waals surface area contributed by atoms with Crippen LogP contribution < -0.4 is 10.2 Å². The van der Waals surface area contributed by atoms with Crippen molar-refractivity contribution in [1.82, 2.24) is 15.3 Å². The van der Waals surface area contributed by atoms with E-state index in [0.717, 1.165) is 49.7 Å². The fourth-order valence-corrected chi connectivity index (χ4v) is 3.96. The van der Waals surface area contributed by atoms with E-state index in [1.807, 2.05) is 11.1 Å². The lowest BCUT2D eigenvalue weighted by molar-refractivity contribution is -0.137. The van der Waals surface area contributed by atoms with Gasteiger partial charge in [0.05, 0.1) is 10.6 Å². The van der Waals surface area contributed by atoms with Crippen LogP contribution in [-0.2, 0) is 18.1 Å². The van der Waals surface area contributed by atoms with Crippen molar-refractivity contribution in [1.29, 1.82) is 0 Å². The molecule has 148 valence electrons. The topological polar surface area (TPSA) is 41.1 Å². The van der Waals surface area contributed by atoms with Crippen LogP contribution in [0.25, 0.3) is 0 Å². The smallest absolute Gasteiger partial charge is 0.357 e. The average Bonchev–Trinajstić information content (AvgIpc) is 3.09. The Morgan fingerprint density at radius 3 is 2.33 bits per heavy atom. The zero-order valence-electron chi connectivity index (χ0n) is 15.8. The summed E-state index contributed by atoms with van der Waals surface area (Å²) < 4.78 is 37.9. The number of rotatable bonds is 4. The molecule has 0 atom stereocenters. The quantitative estimate of drug-likeness (QED) is 0.816. The van der Waals surface area contributed by atoms with Crippen molar-refractivity contribution in [3.05, 3.63) is 40.0 Å². The zero-order valence-corrected chi connectivity index (χ0v) is 16.6. The third-order valence-corrected chi connectivity index (χ3v) is 6.08. The van der Waals surface area contributed by atoms with E-state index < -0.39 is 11.7 Å². The number of nitrogens with zero attached hydrogens (tertiary/aromatic N) is 3. The van der Waals surface area contributed by atoms with Crippen molar-refractivity contribution in [3.63, 3.8) is 0 Å². The Bertz CT molecular complexity index is 742. The molecule has 1 aliphatic heterocycles. The van der Waals surface area contributed by atoms with Gasteiger partial charge in [0.1, 0.15) is 5.82 Å². The summed E-state index contributed by atoms with van der Waals surface area (Å²) in [6, 6.07) is 2.96. The van der Waals surface area contributed by atoms with E-state index in [9.17, 15) is 13.2 Å². The highest BCUT2D eigenvalue weighted by atomic mass is 32.1. The van der Waals surface area contributed by atoms with Gasteiger partial charge in [-0.1, -0.05) is 20.8 Å². The molecule has 0 spiro atoms. The van der Waals surface area contributed by atoms with E-state index in [2.05, 4.69) is 36.1 Å². The molecule has 3 rings (SSSR count). The first kappa shape index (κ1) is 20.1.